The van der Waals surface area contributed by atoms with Crippen LogP contribution in [0.25, 0.3) is 0 Å². The highest BCUT2D eigenvalue weighted by atomic mass is 127. The molecule has 0 nitrogen and oxygen atoms in total. The molecule has 0 heterocycles. The van der Waals surface area contributed by atoms with Crippen molar-refractivity contribution in [3.05, 3.63) is 0 Å². The largest absolute Gasteiger partial charge is 0.224 e. The van der Waals surface area contributed by atoms with Crippen LogP contribution in [-0.2, 0) is 0 Å². The minimum Gasteiger partial charge on any atom is -0.149 e. The lowest BCUT2D eigenvalue weighted by atomic mass is 9.30. The van der Waals surface area contributed by atoms with Gasteiger partial charge in [-0.05, 0) is 83.7 Å². The Hall–Kier alpha value is 1.37. The van der Waals surface area contributed by atoms with Crippen molar-refractivity contribution in [2.75, 3.05) is 11.8 Å². The van der Waals surface area contributed by atoms with E-state index in [9.17, 15) is 0 Å². The first kappa shape index (κ1) is 20.6. The molecule has 26 heavy (non-hydrogen) atoms. The average molecular weight is 509 g/mol. The van der Waals surface area contributed by atoms with Gasteiger partial charge in [-0.1, -0.05) is 40.5 Å². The van der Waals surface area contributed by atoms with Crippen LogP contribution in [0.5, 0.6) is 0 Å². The molecule has 0 aliphatic heterocycles. The second-order valence-corrected chi connectivity index (χ2v) is 13.4. The predicted octanol–water partition coefficient (Wildman–Crippen LogP) is 7.78. The summed E-state index contributed by atoms with van der Waals surface area (Å²) < 4.78 is 0.830. The van der Waals surface area contributed by atoms with Gasteiger partial charge in [0.25, 0.3) is 0 Å². The van der Waals surface area contributed by atoms with Gasteiger partial charge in [0.05, 0.1) is 0 Å². The monoisotopic (exact) mass is 508 g/mol. The molecule has 0 radical (unpaired) electrons. The van der Waals surface area contributed by atoms with E-state index < -0.39 is 0 Å². The molecule has 0 spiro atoms. The van der Waals surface area contributed by atoms with E-state index in [-0.39, 0.29) is 0 Å². The lowest BCUT2D eigenvalue weighted by molar-refractivity contribution is -0.112. The number of rotatable bonds is 6. The number of hydrogen-bond acceptors (Lipinski definition) is 0. The number of halogens is 3. The Morgan fingerprint density at radius 2 is 1.15 bits per heavy atom. The highest BCUT2D eigenvalue weighted by Gasteiger charge is 2.63. The Morgan fingerprint density at radius 3 is 1.46 bits per heavy atom. The van der Waals surface area contributed by atoms with Crippen LogP contribution in [-0.4, -0.2) is 16.3 Å². The van der Waals surface area contributed by atoms with Crippen molar-refractivity contribution >= 4 is 50.1 Å². The third-order valence-corrected chi connectivity index (χ3v) is 12.3. The Morgan fingerprint density at radius 1 is 0.769 bits per heavy atom. The van der Waals surface area contributed by atoms with E-state index in [1.54, 1.807) is 0 Å². The first-order chi connectivity index (χ1) is 12.2. The van der Waals surface area contributed by atoms with Gasteiger partial charge in [-0.2, -0.15) is 0 Å². The van der Waals surface area contributed by atoms with Crippen LogP contribution in [0.1, 0.15) is 66.2 Å². The summed E-state index contributed by atoms with van der Waals surface area (Å²) in [5.74, 6) is 8.96. The molecule has 148 valence electrons. The van der Waals surface area contributed by atoms with Crippen LogP contribution in [0.4, 0.5) is 0 Å². The summed E-state index contributed by atoms with van der Waals surface area (Å²) in [5.41, 5.74) is 1.13. The standard InChI is InChI=1S/C22H36BCl2I/c1-21(2)13-9-17(21)15(5-7-24)19(11-13)23(26)20-12-14-10-18(22(14,3)4)16(20)6-8-25/h13-20H,5-12H2,1-4H3/t13-,14-,15+,16+,17+,18+,19+,20+/m0/s1. The quantitative estimate of drug-likeness (QED) is 0.195. The van der Waals surface area contributed by atoms with E-state index >= 15 is 0 Å². The van der Waals surface area contributed by atoms with Gasteiger partial charge >= 0.3 is 0 Å². The zero-order chi connectivity index (χ0) is 18.9. The molecule has 0 unspecified atom stereocenters. The van der Waals surface area contributed by atoms with Crippen LogP contribution in [0.2, 0.25) is 11.6 Å². The Kier molecular flexibility index (Phi) is 5.76. The topological polar surface area (TPSA) is 0 Å². The van der Waals surface area contributed by atoms with Gasteiger partial charge < -0.3 is 0 Å². The maximum atomic E-state index is 6.29. The second-order valence-electron chi connectivity index (χ2n) is 11.2. The van der Waals surface area contributed by atoms with Crippen molar-refractivity contribution in [1.29, 1.82) is 0 Å². The number of alkyl halides is 2. The molecule has 0 aromatic carbocycles. The molecule has 6 aliphatic rings. The zero-order valence-corrected chi connectivity index (χ0v) is 20.7. The molecule has 6 saturated carbocycles. The number of fused-ring (bicyclic) bond motifs is 4. The molecule has 0 aromatic rings. The lowest BCUT2D eigenvalue weighted by Gasteiger charge is -2.66. The Labute approximate surface area is 185 Å². The molecule has 0 N–H and O–H groups in total. The van der Waals surface area contributed by atoms with E-state index in [2.05, 4.69) is 50.1 Å². The van der Waals surface area contributed by atoms with Gasteiger partial charge in [0, 0.05) is 11.8 Å². The van der Waals surface area contributed by atoms with Gasteiger partial charge in [-0.3, -0.25) is 0 Å². The summed E-state index contributed by atoms with van der Waals surface area (Å²) in [6.07, 6.45) is 8.34. The third-order valence-electron chi connectivity index (χ3n) is 10.0. The lowest BCUT2D eigenvalue weighted by Crippen LogP contribution is -2.59. The van der Waals surface area contributed by atoms with Crippen molar-refractivity contribution in [3.8, 4) is 0 Å². The first-order valence-corrected chi connectivity index (χ1v) is 13.3. The molecule has 0 amide bonds. The molecule has 0 aromatic heterocycles. The molecule has 4 bridgehead atoms. The zero-order valence-electron chi connectivity index (χ0n) is 17.0. The highest BCUT2D eigenvalue weighted by Crippen LogP contribution is 2.71. The fraction of sp³-hybridized carbons (Fsp3) is 1.00. The normalized spacial score (nSPS) is 47.7. The van der Waals surface area contributed by atoms with Crippen molar-refractivity contribution in [2.24, 2.45) is 46.3 Å². The fourth-order valence-electron chi connectivity index (χ4n) is 8.10. The van der Waals surface area contributed by atoms with E-state index in [0.29, 0.717) is 10.8 Å². The molecular weight excluding hydrogens is 473 g/mol. The first-order valence-electron chi connectivity index (χ1n) is 11.0. The highest BCUT2D eigenvalue weighted by molar-refractivity contribution is 14.1. The molecule has 0 saturated heterocycles. The SMILES string of the molecule is CC1(C)[C@H]2C[C@@H]1[C@@H](CCCl)[C@H](B(I)[C@@H]1C[C@@H]3C[C@H]([C@H]1CCCl)C3(C)C)C2. The van der Waals surface area contributed by atoms with E-state index in [1.165, 1.54) is 38.5 Å². The van der Waals surface area contributed by atoms with Gasteiger partial charge in [0.15, 0.2) is 0 Å². The summed E-state index contributed by atoms with van der Waals surface area (Å²) in [6, 6.07) is 0. The molecule has 6 aliphatic carbocycles. The minimum absolute atomic E-state index is 0.565. The van der Waals surface area contributed by atoms with E-state index in [0.717, 1.165) is 63.5 Å². The number of hydrogen-bond donors (Lipinski definition) is 0. The summed E-state index contributed by atoms with van der Waals surface area (Å²) in [4.78, 5) is 0. The van der Waals surface area contributed by atoms with E-state index in [4.69, 9.17) is 23.2 Å². The third kappa shape index (κ3) is 2.96. The van der Waals surface area contributed by atoms with Gasteiger partial charge in [0.2, 0.25) is 4.57 Å². The van der Waals surface area contributed by atoms with Crippen molar-refractivity contribution in [3.63, 3.8) is 0 Å². The van der Waals surface area contributed by atoms with Crippen LogP contribution in [0.3, 0.4) is 0 Å². The van der Waals surface area contributed by atoms with Gasteiger partial charge in [-0.25, -0.2) is 0 Å². The van der Waals surface area contributed by atoms with Crippen molar-refractivity contribution in [2.45, 2.75) is 77.9 Å². The Bertz CT molecular complexity index is 490. The van der Waals surface area contributed by atoms with Crippen LogP contribution in [0.15, 0.2) is 0 Å². The van der Waals surface area contributed by atoms with Gasteiger partial charge in [0.1, 0.15) is 0 Å². The van der Waals surface area contributed by atoms with Crippen LogP contribution >= 0.6 is 45.6 Å². The molecular formula is C22H36BCl2I. The van der Waals surface area contributed by atoms with Crippen LogP contribution < -0.4 is 0 Å². The van der Waals surface area contributed by atoms with E-state index in [1.807, 2.05) is 0 Å². The molecule has 8 atom stereocenters. The second kappa shape index (κ2) is 7.26. The molecule has 4 heteroatoms. The smallest absolute Gasteiger partial charge is 0.149 e. The predicted molar refractivity (Wildman–Crippen MR) is 125 cm³/mol. The van der Waals surface area contributed by atoms with Crippen LogP contribution in [0, 0.1) is 46.3 Å². The summed E-state index contributed by atoms with van der Waals surface area (Å²) in [5, 5.41) is 0. The summed E-state index contributed by atoms with van der Waals surface area (Å²) >= 11 is 15.5. The minimum atomic E-state index is 0.565. The van der Waals surface area contributed by atoms with Crippen molar-refractivity contribution in [1.82, 2.24) is 0 Å². The maximum Gasteiger partial charge on any atom is 0.224 e. The summed E-state index contributed by atoms with van der Waals surface area (Å²) in [6.45, 7) is 10.1. The molecule has 6 fully saturated rings. The fourth-order valence-corrected chi connectivity index (χ4v) is 10.3. The Balaban J connectivity index is 1.54. The molecule has 6 rings (SSSR count). The maximum absolute atomic E-state index is 6.29. The average Bonchev–Trinajstić information content (AvgIpc) is 2.61. The summed E-state index contributed by atoms with van der Waals surface area (Å²) in [7, 11) is 0. The van der Waals surface area contributed by atoms with Gasteiger partial charge in [-0.15, -0.1) is 45.6 Å². The van der Waals surface area contributed by atoms with Crippen molar-refractivity contribution < 1.29 is 0 Å².